The first-order chi connectivity index (χ1) is 24.5. The maximum atomic E-state index is 11.4. The monoisotopic (exact) mass is 846 g/mol. The standard InChI is InChI=1S/C10H20O5Si.C8H19ClO3Si.C7H16O5Si.C6H16O3Si/c1-7-9(15-10(11)8(2)3)16(12-4,13-5)14-6;1-5-10-13(8(4)9,11-6-2)12-7-3;1-6(8)12-7(2)13(9-3,10-4)11-5;1-4-7-10(8-5-2)9-6-3/h9H,2,7H2,1,3-6H3;8H,5-7H2,1-4H3;7H,1-5H3;10H,4-6H2,1-3H3. The molecular formula is C31H71ClO16Si4. The van der Waals surface area contributed by atoms with Crippen LogP contribution in [0.25, 0.3) is 0 Å². The van der Waals surface area contributed by atoms with Gasteiger partial charge in [0.05, 0.1) is 0 Å². The summed E-state index contributed by atoms with van der Waals surface area (Å²) in [7, 11) is -1.25. The Bertz CT molecular complexity index is 838. The van der Waals surface area contributed by atoms with Crippen LogP contribution in [0.15, 0.2) is 12.2 Å². The molecule has 0 saturated heterocycles. The molecule has 0 rings (SSSR count). The van der Waals surface area contributed by atoms with Gasteiger partial charge in [-0.25, -0.2) is 4.79 Å². The van der Waals surface area contributed by atoms with E-state index in [4.69, 9.17) is 74.2 Å². The van der Waals surface area contributed by atoms with Gasteiger partial charge in [0.15, 0.2) is 11.5 Å². The highest BCUT2D eigenvalue weighted by Gasteiger charge is 2.50. The van der Waals surface area contributed by atoms with Crippen molar-refractivity contribution >= 4 is 59.5 Å². The average molecular weight is 848 g/mol. The Kier molecular flexibility index (Phi) is 38.9. The van der Waals surface area contributed by atoms with E-state index in [1.807, 2.05) is 55.4 Å². The minimum Gasteiger partial charge on any atom is -0.458 e. The molecule has 3 unspecified atom stereocenters. The molecule has 0 amide bonds. The molecule has 0 heterocycles. The lowest BCUT2D eigenvalue weighted by molar-refractivity contribution is -0.145. The van der Waals surface area contributed by atoms with Crippen LogP contribution in [0.2, 0.25) is 0 Å². The van der Waals surface area contributed by atoms with Crippen LogP contribution in [-0.4, -0.2) is 147 Å². The Balaban J connectivity index is -0.000000299. The zero-order valence-electron chi connectivity index (χ0n) is 34.9. The molecule has 0 fully saturated rings. The summed E-state index contributed by atoms with van der Waals surface area (Å²) in [5.74, 6) is -0.842. The van der Waals surface area contributed by atoms with Gasteiger partial charge in [0.25, 0.3) is 0 Å². The number of hydrogen-bond acceptors (Lipinski definition) is 16. The van der Waals surface area contributed by atoms with E-state index >= 15 is 0 Å². The molecule has 0 aromatic heterocycles. The van der Waals surface area contributed by atoms with Gasteiger partial charge in [-0.1, -0.05) is 13.5 Å². The van der Waals surface area contributed by atoms with E-state index in [0.29, 0.717) is 51.6 Å². The fourth-order valence-electron chi connectivity index (χ4n) is 3.97. The lowest BCUT2D eigenvalue weighted by Gasteiger charge is -2.31. The second-order valence-corrected chi connectivity index (χ2v) is 21.8. The number of carbonyl (C=O) groups is 2. The zero-order chi connectivity index (χ0) is 41.4. The van der Waals surface area contributed by atoms with E-state index in [1.165, 1.54) is 49.6 Å². The van der Waals surface area contributed by atoms with Crippen LogP contribution in [0, 0.1) is 0 Å². The lowest BCUT2D eigenvalue weighted by Crippen LogP contribution is -2.56. The molecule has 16 nitrogen and oxygen atoms in total. The van der Waals surface area contributed by atoms with Crippen molar-refractivity contribution < 1.29 is 72.2 Å². The molecule has 21 heteroatoms. The average Bonchev–Trinajstić information content (AvgIpc) is 3.10. The van der Waals surface area contributed by atoms with Crippen LogP contribution in [0.4, 0.5) is 0 Å². The number of rotatable bonds is 25. The topological polar surface area (TPSA) is 163 Å². The Morgan fingerprint density at radius 1 is 0.596 bits per heavy atom. The molecule has 314 valence electrons. The lowest BCUT2D eigenvalue weighted by atomic mass is 10.4. The molecule has 3 atom stereocenters. The molecule has 0 aliphatic rings. The SMILES string of the molecule is C=C(C)C(=O)OC(CC)[Si](OC)(OC)OC.CCO[SiH](OCC)OCC.CCO[Si](OCC)(OCC)C(C)Cl.CO[Si](OC)(OC)C(C)OC(C)=O. The first-order valence-corrected chi connectivity index (χ1v) is 24.5. The number of carbonyl (C=O) groups excluding carboxylic acids is 2. The van der Waals surface area contributed by atoms with E-state index in [9.17, 15) is 9.59 Å². The van der Waals surface area contributed by atoms with Crippen molar-refractivity contribution in [1.82, 2.24) is 0 Å². The maximum absolute atomic E-state index is 11.4. The molecular weight excluding hydrogens is 776 g/mol. The predicted molar refractivity (Wildman–Crippen MR) is 208 cm³/mol. The van der Waals surface area contributed by atoms with Gasteiger partial charge in [0, 0.05) is 94.8 Å². The molecule has 0 radical (unpaired) electrons. The Morgan fingerprint density at radius 2 is 0.942 bits per heavy atom. The fraction of sp³-hybridized carbons (Fsp3) is 0.871. The highest BCUT2D eigenvalue weighted by Crippen LogP contribution is 2.20. The van der Waals surface area contributed by atoms with E-state index in [1.54, 1.807) is 13.8 Å². The third-order valence-corrected chi connectivity index (χ3v) is 17.9. The number of ether oxygens (including phenoxy) is 2. The van der Waals surface area contributed by atoms with Crippen molar-refractivity contribution in [3.05, 3.63) is 12.2 Å². The number of halogens is 1. The minimum absolute atomic E-state index is 0.202. The van der Waals surface area contributed by atoms with Crippen molar-refractivity contribution in [1.29, 1.82) is 0 Å². The summed E-state index contributed by atoms with van der Waals surface area (Å²) >= 11 is 6.02. The molecule has 0 N–H and O–H groups in total. The van der Waals surface area contributed by atoms with Crippen molar-refractivity contribution in [2.75, 3.05) is 82.3 Å². The second-order valence-electron chi connectivity index (χ2n) is 9.94. The number of alkyl halides is 1. The van der Waals surface area contributed by atoms with Gasteiger partial charge in [-0.15, -0.1) is 11.6 Å². The maximum Gasteiger partial charge on any atom is 0.543 e. The third-order valence-electron chi connectivity index (χ3n) is 6.34. The quantitative estimate of drug-likeness (QED) is 0.0539. The normalized spacial score (nSPS) is 13.3. The highest BCUT2D eigenvalue weighted by atomic mass is 35.5. The van der Waals surface area contributed by atoms with Crippen molar-refractivity contribution in [3.63, 3.8) is 0 Å². The summed E-state index contributed by atoms with van der Waals surface area (Å²) < 4.78 is 73.6. The van der Waals surface area contributed by atoms with Gasteiger partial charge in [-0.05, 0) is 68.7 Å². The minimum atomic E-state index is -2.94. The van der Waals surface area contributed by atoms with Crippen LogP contribution in [0.3, 0.4) is 0 Å². The van der Waals surface area contributed by atoms with Crippen molar-refractivity contribution in [2.24, 2.45) is 0 Å². The molecule has 0 spiro atoms. The zero-order valence-corrected chi connectivity index (χ0v) is 39.8. The molecule has 0 aliphatic heterocycles. The van der Waals surface area contributed by atoms with Crippen LogP contribution in [-0.2, 0) is 72.2 Å². The molecule has 0 aromatic carbocycles. The smallest absolute Gasteiger partial charge is 0.458 e. The molecule has 52 heavy (non-hydrogen) atoms. The summed E-state index contributed by atoms with van der Waals surface area (Å²) in [6.07, 6.45) is 0.556. The Labute approximate surface area is 324 Å². The van der Waals surface area contributed by atoms with Gasteiger partial charge < -0.3 is 62.6 Å². The first kappa shape index (κ1) is 58.1. The van der Waals surface area contributed by atoms with Gasteiger partial charge in [-0.3, -0.25) is 4.79 Å². The van der Waals surface area contributed by atoms with Crippen molar-refractivity contribution in [2.45, 2.75) is 99.0 Å². The first-order valence-electron chi connectivity index (χ1n) is 17.2. The fourth-order valence-corrected chi connectivity index (χ4v) is 11.6. The third kappa shape index (κ3) is 23.3. The van der Waals surface area contributed by atoms with E-state index in [2.05, 4.69) is 6.58 Å². The summed E-state index contributed by atoms with van der Waals surface area (Å²) in [5, 5.41) is -0.202. The Morgan fingerprint density at radius 3 is 1.15 bits per heavy atom. The van der Waals surface area contributed by atoms with Gasteiger partial charge in [0.1, 0.15) is 5.00 Å². The van der Waals surface area contributed by atoms with Gasteiger partial charge in [-0.2, -0.15) is 0 Å². The summed E-state index contributed by atoms with van der Waals surface area (Å²) in [6, 6.07) is 0. The molecule has 0 saturated carbocycles. The predicted octanol–water partition coefficient (Wildman–Crippen LogP) is 4.67. The van der Waals surface area contributed by atoms with Crippen LogP contribution in [0.5, 0.6) is 0 Å². The second kappa shape index (κ2) is 34.8. The van der Waals surface area contributed by atoms with Gasteiger partial charge >= 0.3 is 47.9 Å². The summed E-state index contributed by atoms with van der Waals surface area (Å²) in [6.45, 7) is 27.2. The number of esters is 2. The number of hydrogen-bond donors (Lipinski definition) is 0. The van der Waals surface area contributed by atoms with Crippen molar-refractivity contribution in [3.8, 4) is 0 Å². The summed E-state index contributed by atoms with van der Waals surface area (Å²) in [4.78, 5) is 22.1. The Hall–Kier alpha value is -0.642. The van der Waals surface area contributed by atoms with Crippen LogP contribution >= 0.6 is 11.6 Å². The van der Waals surface area contributed by atoms with E-state index < -0.39 is 53.4 Å². The highest BCUT2D eigenvalue weighted by molar-refractivity contribution is 6.71. The molecule has 0 aliphatic carbocycles. The summed E-state index contributed by atoms with van der Waals surface area (Å²) in [5.41, 5.74) is -0.675. The van der Waals surface area contributed by atoms with E-state index in [0.717, 1.165) is 0 Å². The molecule has 0 aromatic rings. The van der Waals surface area contributed by atoms with E-state index in [-0.39, 0.29) is 11.0 Å². The van der Waals surface area contributed by atoms with Crippen LogP contribution < -0.4 is 0 Å². The van der Waals surface area contributed by atoms with Crippen LogP contribution in [0.1, 0.15) is 82.6 Å². The largest absolute Gasteiger partial charge is 0.543 e. The molecule has 0 bridgehead atoms. The van der Waals surface area contributed by atoms with Gasteiger partial charge in [0.2, 0.25) is 0 Å².